The zero-order chi connectivity index (χ0) is 15.1. The molecule has 0 radical (unpaired) electrons. The van der Waals surface area contributed by atoms with E-state index in [0.29, 0.717) is 12.0 Å². The molecule has 0 amide bonds. The molecular formula is C17H34N2O2. The molecule has 0 bridgehead atoms. The van der Waals surface area contributed by atoms with E-state index in [4.69, 9.17) is 9.47 Å². The molecular weight excluding hydrogens is 264 g/mol. The average molecular weight is 298 g/mol. The second kappa shape index (κ2) is 8.47. The Kier molecular flexibility index (Phi) is 6.93. The van der Waals surface area contributed by atoms with Crippen molar-refractivity contribution in [1.29, 1.82) is 0 Å². The summed E-state index contributed by atoms with van der Waals surface area (Å²) in [5.74, 6) is 0.637. The van der Waals surface area contributed by atoms with Crippen LogP contribution in [0.3, 0.4) is 0 Å². The Balaban J connectivity index is 2.13. The van der Waals surface area contributed by atoms with Gasteiger partial charge in [0.2, 0.25) is 0 Å². The highest BCUT2D eigenvalue weighted by Crippen LogP contribution is 2.32. The summed E-state index contributed by atoms with van der Waals surface area (Å²) in [4.78, 5) is 2.65. The SMILES string of the molecule is CCCNC(C1CCCOC1)C(C)(CC)N1CCOCC1. The molecule has 2 aliphatic heterocycles. The van der Waals surface area contributed by atoms with Gasteiger partial charge < -0.3 is 14.8 Å². The Labute approximate surface area is 130 Å². The Bertz CT molecular complexity index is 289. The van der Waals surface area contributed by atoms with Crippen LogP contribution < -0.4 is 5.32 Å². The van der Waals surface area contributed by atoms with Gasteiger partial charge in [-0.1, -0.05) is 13.8 Å². The lowest BCUT2D eigenvalue weighted by Gasteiger charge is -2.51. The fourth-order valence-electron chi connectivity index (χ4n) is 3.94. The Morgan fingerprint density at radius 3 is 2.52 bits per heavy atom. The van der Waals surface area contributed by atoms with Gasteiger partial charge in [0, 0.05) is 31.3 Å². The van der Waals surface area contributed by atoms with Gasteiger partial charge in [0.05, 0.1) is 19.8 Å². The molecule has 2 fully saturated rings. The summed E-state index contributed by atoms with van der Waals surface area (Å²) < 4.78 is 11.3. The highest BCUT2D eigenvalue weighted by molar-refractivity contribution is 5.00. The van der Waals surface area contributed by atoms with Crippen molar-refractivity contribution < 1.29 is 9.47 Å². The van der Waals surface area contributed by atoms with Crippen molar-refractivity contribution in [2.24, 2.45) is 5.92 Å². The molecule has 124 valence electrons. The molecule has 0 aromatic carbocycles. The number of hydrogen-bond donors (Lipinski definition) is 1. The van der Waals surface area contributed by atoms with Crippen LogP contribution in [0, 0.1) is 5.92 Å². The third-order valence-corrected chi connectivity index (χ3v) is 5.40. The van der Waals surface area contributed by atoms with Crippen LogP contribution in [-0.4, -0.2) is 62.5 Å². The summed E-state index contributed by atoms with van der Waals surface area (Å²) in [6, 6.07) is 0.515. The molecule has 2 saturated heterocycles. The van der Waals surface area contributed by atoms with Crippen LogP contribution in [0.25, 0.3) is 0 Å². The number of nitrogens with zero attached hydrogens (tertiary/aromatic N) is 1. The summed E-state index contributed by atoms with van der Waals surface area (Å²) in [5, 5.41) is 3.87. The van der Waals surface area contributed by atoms with E-state index < -0.39 is 0 Å². The van der Waals surface area contributed by atoms with E-state index >= 15 is 0 Å². The quantitative estimate of drug-likeness (QED) is 0.782. The van der Waals surface area contributed by atoms with Crippen LogP contribution in [-0.2, 0) is 9.47 Å². The number of morpholine rings is 1. The highest BCUT2D eigenvalue weighted by Gasteiger charge is 2.42. The van der Waals surface area contributed by atoms with Crippen molar-refractivity contribution >= 4 is 0 Å². The minimum absolute atomic E-state index is 0.199. The zero-order valence-electron chi connectivity index (χ0n) is 14.2. The van der Waals surface area contributed by atoms with E-state index in [2.05, 4.69) is 31.0 Å². The van der Waals surface area contributed by atoms with Gasteiger partial charge >= 0.3 is 0 Å². The topological polar surface area (TPSA) is 33.7 Å². The van der Waals surface area contributed by atoms with E-state index in [-0.39, 0.29) is 5.54 Å². The number of nitrogens with one attached hydrogen (secondary N) is 1. The summed E-state index contributed by atoms with van der Waals surface area (Å²) in [5.41, 5.74) is 0.199. The fourth-order valence-corrected chi connectivity index (χ4v) is 3.94. The van der Waals surface area contributed by atoms with Crippen LogP contribution in [0.4, 0.5) is 0 Å². The highest BCUT2D eigenvalue weighted by atomic mass is 16.5. The van der Waals surface area contributed by atoms with Crippen LogP contribution in [0.2, 0.25) is 0 Å². The standard InChI is InChI=1S/C17H34N2O2/c1-4-8-18-16(15-7-6-11-21-14-15)17(3,5-2)19-9-12-20-13-10-19/h15-16,18H,4-14H2,1-3H3. The van der Waals surface area contributed by atoms with Crippen molar-refractivity contribution in [2.75, 3.05) is 46.1 Å². The summed E-state index contributed by atoms with van der Waals surface area (Å²) in [6.45, 7) is 13.8. The van der Waals surface area contributed by atoms with Crippen LogP contribution in [0.5, 0.6) is 0 Å². The fraction of sp³-hybridized carbons (Fsp3) is 1.00. The normalized spacial score (nSPS) is 29.0. The Morgan fingerprint density at radius 2 is 1.95 bits per heavy atom. The number of ether oxygens (including phenoxy) is 2. The van der Waals surface area contributed by atoms with E-state index in [1.54, 1.807) is 0 Å². The molecule has 2 rings (SSSR count). The van der Waals surface area contributed by atoms with Crippen LogP contribution in [0.1, 0.15) is 46.5 Å². The van der Waals surface area contributed by atoms with Gasteiger partial charge in [-0.05, 0) is 45.1 Å². The first kappa shape index (κ1) is 17.2. The molecule has 4 heteroatoms. The van der Waals surface area contributed by atoms with E-state index in [1.807, 2.05) is 0 Å². The molecule has 21 heavy (non-hydrogen) atoms. The summed E-state index contributed by atoms with van der Waals surface area (Å²) in [7, 11) is 0. The van der Waals surface area contributed by atoms with Gasteiger partial charge in [-0.15, -0.1) is 0 Å². The van der Waals surface area contributed by atoms with Crippen molar-refractivity contribution in [3.8, 4) is 0 Å². The maximum Gasteiger partial charge on any atom is 0.0594 e. The monoisotopic (exact) mass is 298 g/mol. The lowest BCUT2D eigenvalue weighted by atomic mass is 9.77. The summed E-state index contributed by atoms with van der Waals surface area (Å²) in [6.07, 6.45) is 4.86. The molecule has 3 unspecified atom stereocenters. The van der Waals surface area contributed by atoms with Crippen LogP contribution in [0.15, 0.2) is 0 Å². The second-order valence-electron chi connectivity index (χ2n) is 6.72. The van der Waals surface area contributed by atoms with Crippen molar-refractivity contribution in [2.45, 2.75) is 58.0 Å². The first-order valence-corrected chi connectivity index (χ1v) is 8.86. The maximum atomic E-state index is 5.79. The second-order valence-corrected chi connectivity index (χ2v) is 6.72. The van der Waals surface area contributed by atoms with E-state index in [9.17, 15) is 0 Å². The molecule has 2 aliphatic rings. The lowest BCUT2D eigenvalue weighted by Crippen LogP contribution is -2.65. The average Bonchev–Trinajstić information content (AvgIpc) is 2.56. The minimum Gasteiger partial charge on any atom is -0.381 e. The van der Waals surface area contributed by atoms with Gasteiger partial charge in [-0.2, -0.15) is 0 Å². The Hall–Kier alpha value is -0.160. The van der Waals surface area contributed by atoms with Crippen molar-refractivity contribution in [1.82, 2.24) is 10.2 Å². The van der Waals surface area contributed by atoms with Crippen LogP contribution >= 0.6 is 0 Å². The van der Waals surface area contributed by atoms with E-state index in [1.165, 1.54) is 25.7 Å². The lowest BCUT2D eigenvalue weighted by molar-refractivity contribution is -0.0576. The third kappa shape index (κ3) is 4.19. The predicted molar refractivity (Wildman–Crippen MR) is 86.7 cm³/mol. The van der Waals surface area contributed by atoms with E-state index in [0.717, 1.165) is 46.1 Å². The first-order chi connectivity index (χ1) is 10.2. The van der Waals surface area contributed by atoms with Gasteiger partial charge in [-0.25, -0.2) is 0 Å². The minimum atomic E-state index is 0.199. The first-order valence-electron chi connectivity index (χ1n) is 8.86. The largest absolute Gasteiger partial charge is 0.381 e. The molecule has 4 nitrogen and oxygen atoms in total. The van der Waals surface area contributed by atoms with Gasteiger partial charge in [0.15, 0.2) is 0 Å². The van der Waals surface area contributed by atoms with Gasteiger partial charge in [-0.3, -0.25) is 4.90 Å². The molecule has 0 aliphatic carbocycles. The molecule has 2 heterocycles. The third-order valence-electron chi connectivity index (χ3n) is 5.40. The molecule has 0 spiro atoms. The van der Waals surface area contributed by atoms with Gasteiger partial charge in [0.1, 0.15) is 0 Å². The zero-order valence-corrected chi connectivity index (χ0v) is 14.2. The summed E-state index contributed by atoms with van der Waals surface area (Å²) >= 11 is 0. The number of rotatable bonds is 7. The molecule has 0 aromatic rings. The smallest absolute Gasteiger partial charge is 0.0594 e. The molecule has 1 N–H and O–H groups in total. The van der Waals surface area contributed by atoms with Crippen molar-refractivity contribution in [3.63, 3.8) is 0 Å². The predicted octanol–water partition coefficient (Wildman–Crippen LogP) is 2.28. The molecule has 0 saturated carbocycles. The van der Waals surface area contributed by atoms with Gasteiger partial charge in [0.25, 0.3) is 0 Å². The van der Waals surface area contributed by atoms with Crippen molar-refractivity contribution in [3.05, 3.63) is 0 Å². The number of hydrogen-bond acceptors (Lipinski definition) is 4. The molecule has 0 aromatic heterocycles. The Morgan fingerprint density at radius 1 is 1.19 bits per heavy atom. The molecule has 3 atom stereocenters. The maximum absolute atomic E-state index is 5.79.